The van der Waals surface area contributed by atoms with Gasteiger partial charge in [-0.2, -0.15) is 0 Å². The largest absolute Gasteiger partial charge is 0.378 e. The number of hydrogen-bond donors (Lipinski definition) is 1. The van der Waals surface area contributed by atoms with Crippen LogP contribution in [0, 0.1) is 35.0 Å². The molecule has 1 saturated carbocycles. The van der Waals surface area contributed by atoms with E-state index >= 15 is 0 Å². The minimum Gasteiger partial charge on any atom is -0.378 e. The standard InChI is InChI=1S/C25H27N/c1-25(2)18-11-5-3-9-16(18)24-22-15(8-7-12-19(22)25)14-21-23(24)17-10-4-6-13-20(17)26-21/h4-8,10-14,16-20,22,26H,3,9H2,1-2H3. The summed E-state index contributed by atoms with van der Waals surface area (Å²) in [6.45, 7) is 5.02. The maximum Gasteiger partial charge on any atom is 0.0551 e. The summed E-state index contributed by atoms with van der Waals surface area (Å²) in [7, 11) is 0. The molecule has 1 N–H and O–H groups in total. The van der Waals surface area contributed by atoms with Crippen LogP contribution in [0.15, 0.2) is 83.2 Å². The Balaban J connectivity index is 1.62. The van der Waals surface area contributed by atoms with Gasteiger partial charge in [0.15, 0.2) is 0 Å². The molecule has 1 nitrogen and oxygen atoms in total. The van der Waals surface area contributed by atoms with Gasteiger partial charge in [-0.15, -0.1) is 0 Å². The molecule has 1 heterocycles. The molecule has 1 aliphatic heterocycles. The van der Waals surface area contributed by atoms with Crippen molar-refractivity contribution in [2.45, 2.75) is 32.7 Å². The van der Waals surface area contributed by atoms with Crippen LogP contribution in [0.4, 0.5) is 0 Å². The van der Waals surface area contributed by atoms with Crippen LogP contribution in [0.25, 0.3) is 0 Å². The summed E-state index contributed by atoms with van der Waals surface area (Å²) in [4.78, 5) is 0. The second kappa shape index (κ2) is 5.03. The molecule has 0 radical (unpaired) electrons. The lowest BCUT2D eigenvalue weighted by molar-refractivity contribution is 0.0664. The molecule has 5 aliphatic carbocycles. The lowest BCUT2D eigenvalue weighted by Crippen LogP contribution is -2.49. The SMILES string of the molecule is CC1(C)C2C=CCCC2C2=C3C(=CC4=CC=CC1C42)NC1C=CC=CC31. The van der Waals surface area contributed by atoms with E-state index in [0.717, 1.165) is 0 Å². The molecule has 6 rings (SSSR count). The quantitative estimate of drug-likeness (QED) is 0.594. The second-order valence-electron chi connectivity index (χ2n) is 9.41. The molecule has 2 fully saturated rings. The zero-order valence-corrected chi connectivity index (χ0v) is 15.7. The third-order valence-electron chi connectivity index (χ3n) is 7.90. The Bertz CT molecular complexity index is 885. The molecule has 0 amide bonds. The predicted octanol–water partition coefficient (Wildman–Crippen LogP) is 5.25. The first-order valence-corrected chi connectivity index (χ1v) is 10.3. The van der Waals surface area contributed by atoms with E-state index in [0.29, 0.717) is 41.0 Å². The van der Waals surface area contributed by atoms with Gasteiger partial charge < -0.3 is 5.32 Å². The van der Waals surface area contributed by atoms with Gasteiger partial charge in [-0.05, 0) is 53.2 Å². The maximum absolute atomic E-state index is 3.83. The molecule has 6 atom stereocenters. The van der Waals surface area contributed by atoms with Gasteiger partial charge in [0, 0.05) is 17.5 Å². The van der Waals surface area contributed by atoms with Crippen LogP contribution >= 0.6 is 0 Å². The van der Waals surface area contributed by atoms with Crippen LogP contribution in [0.1, 0.15) is 26.7 Å². The van der Waals surface area contributed by atoms with Gasteiger partial charge in [-0.3, -0.25) is 0 Å². The van der Waals surface area contributed by atoms with Crippen LogP contribution in [0.3, 0.4) is 0 Å². The van der Waals surface area contributed by atoms with Crippen molar-refractivity contribution in [2.24, 2.45) is 35.0 Å². The molecule has 6 aliphatic rings. The lowest BCUT2D eigenvalue weighted by Gasteiger charge is -2.56. The summed E-state index contributed by atoms with van der Waals surface area (Å²) < 4.78 is 0. The van der Waals surface area contributed by atoms with Crippen molar-refractivity contribution in [3.8, 4) is 0 Å². The zero-order chi connectivity index (χ0) is 17.5. The van der Waals surface area contributed by atoms with E-state index in [2.05, 4.69) is 79.9 Å². The molecule has 0 aromatic carbocycles. The van der Waals surface area contributed by atoms with Gasteiger partial charge in [0.25, 0.3) is 0 Å². The van der Waals surface area contributed by atoms with E-state index in [1.807, 2.05) is 0 Å². The number of fused-ring (bicyclic) bond motifs is 5. The van der Waals surface area contributed by atoms with Gasteiger partial charge in [-0.25, -0.2) is 0 Å². The molecule has 0 aromatic heterocycles. The first-order valence-electron chi connectivity index (χ1n) is 10.3. The van der Waals surface area contributed by atoms with Crippen LogP contribution in [-0.2, 0) is 0 Å². The van der Waals surface area contributed by atoms with Crippen molar-refractivity contribution < 1.29 is 0 Å². The third kappa shape index (κ3) is 1.77. The smallest absolute Gasteiger partial charge is 0.0551 e. The molecular weight excluding hydrogens is 314 g/mol. The number of rotatable bonds is 0. The van der Waals surface area contributed by atoms with Gasteiger partial charge in [-0.1, -0.05) is 74.1 Å². The van der Waals surface area contributed by atoms with E-state index in [9.17, 15) is 0 Å². The summed E-state index contributed by atoms with van der Waals surface area (Å²) in [5.74, 6) is 3.06. The highest BCUT2D eigenvalue weighted by atomic mass is 15.0. The maximum atomic E-state index is 3.83. The molecule has 6 unspecified atom stereocenters. The van der Waals surface area contributed by atoms with Gasteiger partial charge in [0.2, 0.25) is 0 Å². The number of nitrogens with one attached hydrogen (secondary N) is 1. The Morgan fingerprint density at radius 1 is 1.00 bits per heavy atom. The first kappa shape index (κ1) is 15.1. The van der Waals surface area contributed by atoms with Gasteiger partial charge >= 0.3 is 0 Å². The molecule has 26 heavy (non-hydrogen) atoms. The van der Waals surface area contributed by atoms with E-state index in [1.165, 1.54) is 24.1 Å². The first-order chi connectivity index (χ1) is 12.7. The number of hydrogen-bond acceptors (Lipinski definition) is 1. The van der Waals surface area contributed by atoms with Gasteiger partial charge in [0.1, 0.15) is 0 Å². The molecule has 132 valence electrons. The van der Waals surface area contributed by atoms with E-state index < -0.39 is 0 Å². The summed E-state index contributed by atoms with van der Waals surface area (Å²) in [6.07, 6.45) is 26.4. The van der Waals surface area contributed by atoms with Crippen molar-refractivity contribution >= 4 is 0 Å². The zero-order valence-electron chi connectivity index (χ0n) is 15.7. The molecular formula is C25H27N. The summed E-state index contributed by atoms with van der Waals surface area (Å²) in [6, 6.07) is 0.438. The predicted molar refractivity (Wildman–Crippen MR) is 107 cm³/mol. The van der Waals surface area contributed by atoms with Crippen molar-refractivity contribution in [2.75, 3.05) is 0 Å². The fraction of sp³-hybridized carbons (Fsp3) is 0.440. The fourth-order valence-corrected chi connectivity index (χ4v) is 6.76. The Morgan fingerprint density at radius 2 is 1.88 bits per heavy atom. The lowest BCUT2D eigenvalue weighted by atomic mass is 9.47. The average molecular weight is 341 g/mol. The van der Waals surface area contributed by atoms with Crippen LogP contribution in [0.2, 0.25) is 0 Å². The summed E-state index contributed by atoms with van der Waals surface area (Å²) >= 11 is 0. The molecule has 0 bridgehead atoms. The third-order valence-corrected chi connectivity index (χ3v) is 7.90. The van der Waals surface area contributed by atoms with Crippen molar-refractivity contribution in [3.05, 3.63) is 83.2 Å². The number of allylic oxidation sites excluding steroid dienone is 11. The second-order valence-corrected chi connectivity index (χ2v) is 9.41. The highest BCUT2D eigenvalue weighted by Gasteiger charge is 2.55. The normalized spacial score (nSPS) is 43.0. The van der Waals surface area contributed by atoms with Crippen molar-refractivity contribution in [1.29, 1.82) is 0 Å². The Labute approximate surface area is 156 Å². The molecule has 0 spiro atoms. The Kier molecular flexibility index (Phi) is 2.92. The minimum atomic E-state index is 0.311. The van der Waals surface area contributed by atoms with E-state index in [1.54, 1.807) is 11.1 Å². The highest BCUT2D eigenvalue weighted by molar-refractivity contribution is 5.59. The minimum absolute atomic E-state index is 0.311. The van der Waals surface area contributed by atoms with Crippen LogP contribution in [0.5, 0.6) is 0 Å². The summed E-state index contributed by atoms with van der Waals surface area (Å²) in [5, 5.41) is 3.83. The molecule has 0 aromatic rings. The van der Waals surface area contributed by atoms with E-state index in [-0.39, 0.29) is 0 Å². The fourth-order valence-electron chi connectivity index (χ4n) is 6.76. The highest BCUT2D eigenvalue weighted by Crippen LogP contribution is 2.62. The van der Waals surface area contributed by atoms with Crippen LogP contribution < -0.4 is 5.32 Å². The topological polar surface area (TPSA) is 12.0 Å². The van der Waals surface area contributed by atoms with Crippen LogP contribution in [-0.4, -0.2) is 6.04 Å². The Morgan fingerprint density at radius 3 is 2.81 bits per heavy atom. The molecule has 1 heteroatoms. The van der Waals surface area contributed by atoms with Crippen molar-refractivity contribution in [1.82, 2.24) is 5.32 Å². The van der Waals surface area contributed by atoms with Crippen molar-refractivity contribution in [3.63, 3.8) is 0 Å². The monoisotopic (exact) mass is 341 g/mol. The van der Waals surface area contributed by atoms with Gasteiger partial charge in [0.05, 0.1) is 6.04 Å². The summed E-state index contributed by atoms with van der Waals surface area (Å²) in [5.41, 5.74) is 6.66. The average Bonchev–Trinajstić information content (AvgIpc) is 3.03. The van der Waals surface area contributed by atoms with E-state index in [4.69, 9.17) is 0 Å². The molecule has 1 saturated heterocycles. The Hall–Kier alpha value is -2.02.